The highest BCUT2D eigenvalue weighted by atomic mass is 32.2. The van der Waals surface area contributed by atoms with Gasteiger partial charge in [-0.2, -0.15) is 17.5 Å². The molecule has 0 bridgehead atoms. The molecule has 1 saturated heterocycles. The first-order valence-electron chi connectivity index (χ1n) is 10.8. The Kier molecular flexibility index (Phi) is 7.06. The molecule has 1 fully saturated rings. The Morgan fingerprint density at radius 1 is 1.11 bits per heavy atom. The molecule has 1 aliphatic rings. The van der Waals surface area contributed by atoms with Crippen LogP contribution in [-0.4, -0.2) is 52.0 Å². The first kappa shape index (κ1) is 26.3. The van der Waals surface area contributed by atoms with E-state index in [0.717, 1.165) is 47.2 Å². The van der Waals surface area contributed by atoms with Crippen molar-refractivity contribution in [3.8, 4) is 11.3 Å². The maximum atomic E-state index is 13.3. The van der Waals surface area contributed by atoms with E-state index in [-0.39, 0.29) is 54.1 Å². The Hall–Kier alpha value is -3.78. The summed E-state index contributed by atoms with van der Waals surface area (Å²) in [5.74, 6) is -1.52. The highest BCUT2D eigenvalue weighted by molar-refractivity contribution is 7.89. The Labute approximate surface area is 208 Å². The average molecular weight is 537 g/mol. The second-order valence-corrected chi connectivity index (χ2v) is 10.0. The normalized spacial score (nSPS) is 18.5. The maximum absolute atomic E-state index is 13.3. The summed E-state index contributed by atoms with van der Waals surface area (Å²) in [7, 11) is -4.30. The molecule has 3 heterocycles. The van der Waals surface area contributed by atoms with Crippen molar-refractivity contribution in [3.05, 3.63) is 72.2 Å². The number of alkyl halides is 3. The van der Waals surface area contributed by atoms with Gasteiger partial charge in [-0.05, 0) is 55.3 Å². The number of hydrogen-bond donors (Lipinski definition) is 1. The molecule has 37 heavy (non-hydrogen) atoms. The highest BCUT2D eigenvalue weighted by Gasteiger charge is 2.53. The summed E-state index contributed by atoms with van der Waals surface area (Å²) in [6.45, 7) is -0.313. The van der Waals surface area contributed by atoms with Gasteiger partial charge in [0.25, 0.3) is 0 Å². The molecule has 1 unspecified atom stereocenters. The maximum Gasteiger partial charge on any atom is 0.433 e. The standard InChI is InChI=1S/C23H19F4N5O4S/c24-16-3-5-18(6-4-16)37(35,36)32-9-1-8-22(32,13-33)21(34)29-12-17-10-19(31-14-30-17)15-2-7-20(28-11-15)23(25,26)27/h2-7,10-11,13-14H,1,8-9,12H2,(H,29,34). The lowest BCUT2D eigenvalue weighted by Gasteiger charge is -2.31. The summed E-state index contributed by atoms with van der Waals surface area (Å²) in [5.41, 5.74) is -2.30. The lowest BCUT2D eigenvalue weighted by molar-refractivity contribution is -0.141. The van der Waals surface area contributed by atoms with E-state index >= 15 is 0 Å². The molecule has 9 nitrogen and oxygen atoms in total. The van der Waals surface area contributed by atoms with Gasteiger partial charge in [-0.1, -0.05) is 0 Å². The zero-order valence-electron chi connectivity index (χ0n) is 18.9. The molecule has 1 amide bonds. The van der Waals surface area contributed by atoms with E-state index in [1.54, 1.807) is 0 Å². The van der Waals surface area contributed by atoms with E-state index < -0.39 is 39.2 Å². The number of carbonyl (C=O) groups excluding carboxylic acids is 2. The summed E-state index contributed by atoms with van der Waals surface area (Å²) < 4.78 is 78.6. The molecule has 3 aromatic rings. The summed E-state index contributed by atoms with van der Waals surface area (Å²) in [5, 5.41) is 2.51. The van der Waals surface area contributed by atoms with Crippen LogP contribution in [0, 0.1) is 5.82 Å². The number of amides is 1. The van der Waals surface area contributed by atoms with E-state index in [1.165, 1.54) is 12.1 Å². The van der Waals surface area contributed by atoms with E-state index in [9.17, 15) is 35.6 Å². The Morgan fingerprint density at radius 3 is 2.46 bits per heavy atom. The fourth-order valence-corrected chi connectivity index (χ4v) is 5.72. The number of carbonyl (C=O) groups is 2. The fraction of sp³-hybridized carbons (Fsp3) is 0.261. The lowest BCUT2D eigenvalue weighted by Crippen LogP contribution is -2.58. The second-order valence-electron chi connectivity index (χ2n) is 8.18. The number of nitrogens with zero attached hydrogens (tertiary/aromatic N) is 4. The monoisotopic (exact) mass is 537 g/mol. The van der Waals surface area contributed by atoms with Crippen molar-refractivity contribution in [3.63, 3.8) is 0 Å². The van der Waals surface area contributed by atoms with Crippen molar-refractivity contribution in [2.45, 2.75) is 36.0 Å². The zero-order valence-corrected chi connectivity index (χ0v) is 19.8. The molecule has 4 rings (SSSR count). The largest absolute Gasteiger partial charge is 0.433 e. The molecule has 0 spiro atoms. The third-order valence-electron chi connectivity index (χ3n) is 5.86. The van der Waals surface area contributed by atoms with E-state index in [2.05, 4.69) is 20.3 Å². The number of aldehydes is 1. The van der Waals surface area contributed by atoms with Crippen molar-refractivity contribution in [2.75, 3.05) is 6.54 Å². The van der Waals surface area contributed by atoms with Gasteiger partial charge < -0.3 is 10.1 Å². The Morgan fingerprint density at radius 2 is 1.84 bits per heavy atom. The van der Waals surface area contributed by atoms with Crippen LogP contribution >= 0.6 is 0 Å². The van der Waals surface area contributed by atoms with Crippen LogP contribution < -0.4 is 5.32 Å². The molecule has 1 aromatic carbocycles. The van der Waals surface area contributed by atoms with Gasteiger partial charge in [0.2, 0.25) is 15.9 Å². The Bertz CT molecular complexity index is 1420. The van der Waals surface area contributed by atoms with Crippen LogP contribution in [0.5, 0.6) is 0 Å². The van der Waals surface area contributed by atoms with Gasteiger partial charge in [0.15, 0.2) is 11.8 Å². The van der Waals surface area contributed by atoms with Crippen LogP contribution in [0.4, 0.5) is 17.6 Å². The predicted octanol–water partition coefficient (Wildman–Crippen LogP) is 2.74. The average Bonchev–Trinajstić information content (AvgIpc) is 3.34. The smallest absolute Gasteiger partial charge is 0.348 e. The molecule has 0 aliphatic carbocycles. The molecule has 194 valence electrons. The number of sulfonamides is 1. The van der Waals surface area contributed by atoms with Gasteiger partial charge in [0.1, 0.15) is 17.8 Å². The van der Waals surface area contributed by atoms with Crippen molar-refractivity contribution in [1.82, 2.24) is 24.6 Å². The topological polar surface area (TPSA) is 122 Å². The van der Waals surface area contributed by atoms with Gasteiger partial charge in [-0.25, -0.2) is 22.8 Å². The third-order valence-corrected chi connectivity index (χ3v) is 7.81. The molecular weight excluding hydrogens is 518 g/mol. The number of rotatable bonds is 7. The number of halogens is 4. The lowest BCUT2D eigenvalue weighted by atomic mass is 9.98. The molecule has 1 atom stereocenters. The van der Waals surface area contributed by atoms with Crippen molar-refractivity contribution in [2.24, 2.45) is 0 Å². The van der Waals surface area contributed by atoms with E-state index in [4.69, 9.17) is 0 Å². The zero-order chi connectivity index (χ0) is 26.8. The number of benzene rings is 1. The summed E-state index contributed by atoms with van der Waals surface area (Å²) >= 11 is 0. The third kappa shape index (κ3) is 5.20. The SMILES string of the molecule is O=CC1(C(=O)NCc2cc(-c3ccc(C(F)(F)F)nc3)ncn2)CCCN1S(=O)(=O)c1ccc(F)cc1. The van der Waals surface area contributed by atoms with Crippen molar-refractivity contribution >= 4 is 22.2 Å². The minimum Gasteiger partial charge on any atom is -0.348 e. The molecule has 14 heteroatoms. The molecule has 1 N–H and O–H groups in total. The fourth-order valence-electron chi connectivity index (χ4n) is 3.97. The predicted molar refractivity (Wildman–Crippen MR) is 120 cm³/mol. The number of aromatic nitrogens is 3. The van der Waals surface area contributed by atoms with Crippen LogP contribution in [0.15, 0.2) is 59.9 Å². The van der Waals surface area contributed by atoms with E-state index in [1.807, 2.05) is 0 Å². The van der Waals surface area contributed by atoms with Crippen LogP contribution in [-0.2, 0) is 32.3 Å². The van der Waals surface area contributed by atoms with Crippen LogP contribution in [0.25, 0.3) is 11.3 Å². The van der Waals surface area contributed by atoms with Crippen molar-refractivity contribution in [1.29, 1.82) is 0 Å². The van der Waals surface area contributed by atoms with Gasteiger partial charge in [0.05, 0.1) is 22.8 Å². The van der Waals surface area contributed by atoms with Gasteiger partial charge in [-0.3, -0.25) is 9.78 Å². The summed E-state index contributed by atoms with van der Waals surface area (Å²) in [4.78, 5) is 36.4. The summed E-state index contributed by atoms with van der Waals surface area (Å²) in [6, 6.07) is 7.44. The minimum absolute atomic E-state index is 0.0605. The van der Waals surface area contributed by atoms with Crippen LogP contribution in [0.3, 0.4) is 0 Å². The molecule has 0 radical (unpaired) electrons. The van der Waals surface area contributed by atoms with Gasteiger partial charge in [-0.15, -0.1) is 0 Å². The number of pyridine rings is 1. The number of nitrogens with one attached hydrogen (secondary N) is 1. The molecular formula is C23H19F4N5O4S. The van der Waals surface area contributed by atoms with Gasteiger partial charge in [0, 0.05) is 18.3 Å². The van der Waals surface area contributed by atoms with Crippen LogP contribution in [0.2, 0.25) is 0 Å². The summed E-state index contributed by atoms with van der Waals surface area (Å²) in [6.07, 6.45) is -1.99. The van der Waals surface area contributed by atoms with E-state index in [0.29, 0.717) is 0 Å². The first-order valence-corrected chi connectivity index (χ1v) is 12.3. The molecule has 1 aliphatic heterocycles. The van der Waals surface area contributed by atoms with Gasteiger partial charge >= 0.3 is 6.18 Å². The quantitative estimate of drug-likeness (QED) is 0.279. The second kappa shape index (κ2) is 9.94. The van der Waals surface area contributed by atoms with Crippen molar-refractivity contribution < 1.29 is 35.6 Å². The minimum atomic E-state index is -4.59. The highest BCUT2D eigenvalue weighted by Crippen LogP contribution is 2.34. The van der Waals surface area contributed by atoms with Crippen LogP contribution in [0.1, 0.15) is 24.2 Å². The molecule has 0 saturated carbocycles. The Balaban J connectivity index is 1.52. The number of hydrogen-bond acceptors (Lipinski definition) is 7. The molecule has 2 aromatic heterocycles. The first-order chi connectivity index (χ1) is 17.5.